The number of fused-ring (bicyclic) bond motifs is 1. The first-order chi connectivity index (χ1) is 8.24. The smallest absolute Gasteiger partial charge is 0.273 e. The molecule has 0 spiro atoms. The molecule has 1 saturated carbocycles. The molecule has 1 aromatic heterocycles. The zero-order valence-corrected chi connectivity index (χ0v) is 9.26. The molecule has 0 saturated heterocycles. The highest BCUT2D eigenvalue weighted by Gasteiger charge is 2.22. The van der Waals surface area contributed by atoms with Crippen LogP contribution in [0.1, 0.15) is 37.5 Å². The van der Waals surface area contributed by atoms with Crippen molar-refractivity contribution >= 4 is 16.8 Å². The van der Waals surface area contributed by atoms with Crippen LogP contribution in [0.3, 0.4) is 0 Å². The van der Waals surface area contributed by atoms with Crippen molar-refractivity contribution < 1.29 is 9.34 Å². The number of nitro benzene ring substituents is 1. The Morgan fingerprint density at radius 1 is 1.35 bits per heavy atom. The van der Waals surface area contributed by atoms with Crippen molar-refractivity contribution in [2.75, 3.05) is 0 Å². The lowest BCUT2D eigenvalue weighted by atomic mass is 10.1. The molecule has 1 heterocycles. The molecule has 0 unspecified atom stereocenters. The van der Waals surface area contributed by atoms with Gasteiger partial charge < -0.3 is 4.42 Å². The Balaban J connectivity index is 2.03. The summed E-state index contributed by atoms with van der Waals surface area (Å²) in [6.45, 7) is 0. The third-order valence-corrected chi connectivity index (χ3v) is 3.30. The summed E-state index contributed by atoms with van der Waals surface area (Å²) in [4.78, 5) is 14.6. The second-order valence-electron chi connectivity index (χ2n) is 4.44. The van der Waals surface area contributed by atoms with Crippen LogP contribution in [0.25, 0.3) is 11.1 Å². The lowest BCUT2D eigenvalue weighted by Gasteiger charge is -2.00. The van der Waals surface area contributed by atoms with Crippen LogP contribution in [0.2, 0.25) is 0 Å². The van der Waals surface area contributed by atoms with E-state index in [0.29, 0.717) is 17.0 Å². The van der Waals surface area contributed by atoms with Crippen molar-refractivity contribution in [1.82, 2.24) is 4.98 Å². The fraction of sp³-hybridized carbons (Fsp3) is 0.417. The van der Waals surface area contributed by atoms with E-state index in [2.05, 4.69) is 4.98 Å². The molecule has 1 aliphatic carbocycles. The first kappa shape index (κ1) is 10.3. The summed E-state index contributed by atoms with van der Waals surface area (Å²) in [5, 5.41) is 10.7. The van der Waals surface area contributed by atoms with Gasteiger partial charge in [0.1, 0.15) is 5.52 Å². The van der Waals surface area contributed by atoms with E-state index in [4.69, 9.17) is 4.42 Å². The van der Waals surface area contributed by atoms with Gasteiger partial charge in [-0.05, 0) is 18.9 Å². The first-order valence-corrected chi connectivity index (χ1v) is 5.79. The molecule has 17 heavy (non-hydrogen) atoms. The van der Waals surface area contributed by atoms with E-state index < -0.39 is 4.92 Å². The molecule has 5 nitrogen and oxygen atoms in total. The van der Waals surface area contributed by atoms with Gasteiger partial charge in [0.05, 0.1) is 11.0 Å². The molecule has 88 valence electrons. The molecule has 1 fully saturated rings. The van der Waals surface area contributed by atoms with Crippen molar-refractivity contribution in [2.45, 2.75) is 31.6 Å². The Kier molecular flexibility index (Phi) is 2.31. The lowest BCUT2D eigenvalue weighted by Crippen LogP contribution is -1.90. The predicted molar refractivity (Wildman–Crippen MR) is 61.9 cm³/mol. The average Bonchev–Trinajstić information content (AvgIpc) is 2.96. The molecule has 0 radical (unpaired) electrons. The quantitative estimate of drug-likeness (QED) is 0.587. The topological polar surface area (TPSA) is 69.2 Å². The van der Waals surface area contributed by atoms with Crippen LogP contribution in [0, 0.1) is 10.1 Å². The third-order valence-electron chi connectivity index (χ3n) is 3.30. The zero-order valence-electron chi connectivity index (χ0n) is 9.26. The Morgan fingerprint density at radius 2 is 2.12 bits per heavy atom. The molecule has 0 bridgehead atoms. The van der Waals surface area contributed by atoms with Crippen LogP contribution in [-0.4, -0.2) is 9.91 Å². The largest absolute Gasteiger partial charge is 0.440 e. The van der Waals surface area contributed by atoms with Gasteiger partial charge in [-0.3, -0.25) is 10.1 Å². The summed E-state index contributed by atoms with van der Waals surface area (Å²) in [5.41, 5.74) is 1.27. The second-order valence-corrected chi connectivity index (χ2v) is 4.44. The highest BCUT2D eigenvalue weighted by atomic mass is 16.6. The summed E-state index contributed by atoms with van der Waals surface area (Å²) in [6.07, 6.45) is 4.64. The van der Waals surface area contributed by atoms with E-state index in [9.17, 15) is 10.1 Å². The molecule has 3 rings (SSSR count). The molecule has 1 aliphatic rings. The van der Waals surface area contributed by atoms with Crippen LogP contribution in [0.5, 0.6) is 0 Å². The minimum absolute atomic E-state index is 0.0478. The Hall–Kier alpha value is -1.91. The molecule has 0 N–H and O–H groups in total. The molecular formula is C12H12N2O3. The number of nitro groups is 1. The fourth-order valence-electron chi connectivity index (χ4n) is 2.39. The third kappa shape index (κ3) is 1.77. The fourth-order valence-corrected chi connectivity index (χ4v) is 2.39. The predicted octanol–water partition coefficient (Wildman–Crippen LogP) is 3.39. The maximum atomic E-state index is 10.7. The SMILES string of the molecule is O=[N+]([O-])c1ccc2nc(C3CCCC3)oc2c1. The van der Waals surface area contributed by atoms with E-state index in [0.717, 1.165) is 18.7 Å². The van der Waals surface area contributed by atoms with E-state index in [1.165, 1.54) is 25.0 Å². The number of nitrogens with zero attached hydrogens (tertiary/aromatic N) is 2. The molecule has 1 aromatic carbocycles. The molecule has 5 heteroatoms. The Morgan fingerprint density at radius 3 is 2.82 bits per heavy atom. The molecular weight excluding hydrogens is 220 g/mol. The number of hydrogen-bond donors (Lipinski definition) is 0. The summed E-state index contributed by atoms with van der Waals surface area (Å²) < 4.78 is 5.63. The van der Waals surface area contributed by atoms with Gasteiger partial charge in [-0.2, -0.15) is 0 Å². The monoisotopic (exact) mass is 232 g/mol. The van der Waals surface area contributed by atoms with Gasteiger partial charge in [0.2, 0.25) is 0 Å². The van der Waals surface area contributed by atoms with Crippen LogP contribution in [0.4, 0.5) is 5.69 Å². The van der Waals surface area contributed by atoms with Gasteiger partial charge in [0.25, 0.3) is 5.69 Å². The van der Waals surface area contributed by atoms with E-state index in [1.54, 1.807) is 6.07 Å². The van der Waals surface area contributed by atoms with Gasteiger partial charge in [-0.15, -0.1) is 0 Å². The molecule has 2 aromatic rings. The minimum atomic E-state index is -0.419. The summed E-state index contributed by atoms with van der Waals surface area (Å²) in [6, 6.07) is 4.56. The standard InChI is InChI=1S/C12H12N2O3/c15-14(16)9-5-6-10-11(7-9)17-12(13-10)8-3-1-2-4-8/h5-8H,1-4H2. The highest BCUT2D eigenvalue weighted by molar-refractivity contribution is 5.75. The first-order valence-electron chi connectivity index (χ1n) is 5.79. The number of hydrogen-bond acceptors (Lipinski definition) is 4. The Bertz CT molecular complexity index is 570. The number of rotatable bonds is 2. The van der Waals surface area contributed by atoms with E-state index in [1.807, 2.05) is 0 Å². The van der Waals surface area contributed by atoms with E-state index >= 15 is 0 Å². The number of aromatic nitrogens is 1. The van der Waals surface area contributed by atoms with Crippen molar-refractivity contribution in [1.29, 1.82) is 0 Å². The molecule has 0 amide bonds. The lowest BCUT2D eigenvalue weighted by molar-refractivity contribution is -0.384. The van der Waals surface area contributed by atoms with Crippen LogP contribution in [-0.2, 0) is 0 Å². The van der Waals surface area contributed by atoms with Crippen molar-refractivity contribution in [3.8, 4) is 0 Å². The van der Waals surface area contributed by atoms with Gasteiger partial charge in [-0.25, -0.2) is 4.98 Å². The average molecular weight is 232 g/mol. The molecule has 0 aliphatic heterocycles. The molecule has 0 atom stereocenters. The highest BCUT2D eigenvalue weighted by Crippen LogP contribution is 2.35. The van der Waals surface area contributed by atoms with Crippen LogP contribution < -0.4 is 0 Å². The number of non-ortho nitro benzene ring substituents is 1. The van der Waals surface area contributed by atoms with Crippen molar-refractivity contribution in [3.05, 3.63) is 34.2 Å². The second kappa shape index (κ2) is 3.84. The van der Waals surface area contributed by atoms with Gasteiger partial charge in [0.15, 0.2) is 11.5 Å². The van der Waals surface area contributed by atoms with Gasteiger partial charge in [-0.1, -0.05) is 12.8 Å². The number of benzene rings is 1. The number of oxazole rings is 1. The van der Waals surface area contributed by atoms with Crippen LogP contribution in [0.15, 0.2) is 22.6 Å². The van der Waals surface area contributed by atoms with Crippen LogP contribution >= 0.6 is 0 Å². The maximum Gasteiger partial charge on any atom is 0.273 e. The minimum Gasteiger partial charge on any atom is -0.440 e. The van der Waals surface area contributed by atoms with E-state index in [-0.39, 0.29) is 5.69 Å². The summed E-state index contributed by atoms with van der Waals surface area (Å²) >= 11 is 0. The van der Waals surface area contributed by atoms with Crippen molar-refractivity contribution in [3.63, 3.8) is 0 Å². The van der Waals surface area contributed by atoms with Crippen molar-refractivity contribution in [2.24, 2.45) is 0 Å². The summed E-state index contributed by atoms with van der Waals surface area (Å²) in [7, 11) is 0. The maximum absolute atomic E-state index is 10.7. The summed E-state index contributed by atoms with van der Waals surface area (Å²) in [5.74, 6) is 1.12. The Labute approximate surface area is 97.6 Å². The zero-order chi connectivity index (χ0) is 11.8. The normalized spacial score (nSPS) is 16.7. The van der Waals surface area contributed by atoms with Gasteiger partial charge in [0, 0.05) is 12.0 Å². The van der Waals surface area contributed by atoms with Gasteiger partial charge >= 0.3 is 0 Å².